The lowest BCUT2D eigenvalue weighted by Gasteiger charge is -2.00. The van der Waals surface area contributed by atoms with E-state index in [2.05, 4.69) is 4.74 Å². The second-order valence-corrected chi connectivity index (χ2v) is 2.38. The van der Waals surface area contributed by atoms with E-state index in [0.29, 0.717) is 11.5 Å². The topological polar surface area (TPSA) is 65.0 Å². The van der Waals surface area contributed by atoms with Crippen LogP contribution >= 0.6 is 0 Å². The fraction of sp³-hybridized carbons (Fsp3) is 0.125. The number of carbonyl (C=O) groups is 1. The Morgan fingerprint density at radius 1 is 1.38 bits per heavy atom. The number of rotatable bonds is 1. The molecule has 0 amide bonds. The van der Waals surface area contributed by atoms with Crippen LogP contribution in [-0.2, 0) is 0 Å². The molecule has 0 aromatic heterocycles. The summed E-state index contributed by atoms with van der Waals surface area (Å²) in [4.78, 5) is 10.2. The van der Waals surface area contributed by atoms with E-state index in [1.165, 1.54) is 12.1 Å². The minimum atomic E-state index is -1.35. The first kappa shape index (κ1) is 7.72. The summed E-state index contributed by atoms with van der Waals surface area (Å²) in [6.45, 7) is 0.159. The molecule has 0 bridgehead atoms. The Morgan fingerprint density at radius 3 is 2.92 bits per heavy atom. The number of hydrogen-bond donors (Lipinski definition) is 1. The summed E-state index contributed by atoms with van der Waals surface area (Å²) >= 11 is 0. The normalized spacial score (nSPS) is 12.6. The van der Waals surface area contributed by atoms with E-state index < -0.39 is 6.16 Å². The van der Waals surface area contributed by atoms with Crippen molar-refractivity contribution >= 4 is 6.16 Å². The van der Waals surface area contributed by atoms with Crippen LogP contribution in [0.1, 0.15) is 0 Å². The Hall–Kier alpha value is -1.91. The van der Waals surface area contributed by atoms with Gasteiger partial charge in [-0.3, -0.25) is 0 Å². The zero-order valence-electron chi connectivity index (χ0n) is 6.52. The van der Waals surface area contributed by atoms with Crippen molar-refractivity contribution < 1.29 is 24.1 Å². The molecule has 0 atom stereocenters. The molecule has 1 aromatic carbocycles. The smallest absolute Gasteiger partial charge is 0.454 e. The van der Waals surface area contributed by atoms with Crippen LogP contribution in [-0.4, -0.2) is 18.1 Å². The van der Waals surface area contributed by atoms with Crippen LogP contribution in [0.4, 0.5) is 4.79 Å². The molecule has 1 aromatic rings. The SMILES string of the molecule is O=C(O)Oc1ccc2c(c1)OCO2. The summed E-state index contributed by atoms with van der Waals surface area (Å²) in [6.07, 6.45) is -1.35. The van der Waals surface area contributed by atoms with Crippen LogP contribution in [0.2, 0.25) is 0 Å². The molecule has 0 fully saturated rings. The van der Waals surface area contributed by atoms with Crippen molar-refractivity contribution in [2.45, 2.75) is 0 Å². The van der Waals surface area contributed by atoms with Crippen molar-refractivity contribution in [1.82, 2.24) is 0 Å². The first-order chi connectivity index (χ1) is 6.25. The van der Waals surface area contributed by atoms with Gasteiger partial charge in [0.2, 0.25) is 6.79 Å². The van der Waals surface area contributed by atoms with E-state index in [-0.39, 0.29) is 12.5 Å². The van der Waals surface area contributed by atoms with Gasteiger partial charge in [-0.25, -0.2) is 4.79 Å². The van der Waals surface area contributed by atoms with Crippen LogP contribution in [0.25, 0.3) is 0 Å². The quantitative estimate of drug-likeness (QED) is 0.526. The van der Waals surface area contributed by atoms with Crippen LogP contribution in [0, 0.1) is 0 Å². The summed E-state index contributed by atoms with van der Waals surface area (Å²) in [5, 5.41) is 8.32. The standard InChI is InChI=1S/C8H6O5/c9-8(10)13-5-1-2-6-7(3-5)12-4-11-6/h1-3H,4H2,(H,9,10). The first-order valence-electron chi connectivity index (χ1n) is 3.56. The van der Waals surface area contributed by atoms with Gasteiger partial charge < -0.3 is 19.3 Å². The highest BCUT2D eigenvalue weighted by molar-refractivity contribution is 5.62. The summed E-state index contributed by atoms with van der Waals surface area (Å²) in [5.41, 5.74) is 0. The monoisotopic (exact) mass is 182 g/mol. The molecule has 1 heterocycles. The third-order valence-electron chi connectivity index (χ3n) is 1.55. The molecule has 2 rings (SSSR count). The second-order valence-electron chi connectivity index (χ2n) is 2.38. The lowest BCUT2D eigenvalue weighted by atomic mass is 10.3. The van der Waals surface area contributed by atoms with Gasteiger partial charge in [-0.2, -0.15) is 0 Å². The first-order valence-corrected chi connectivity index (χ1v) is 3.56. The molecule has 5 heteroatoms. The predicted octanol–water partition coefficient (Wildman–Crippen LogP) is 1.47. The van der Waals surface area contributed by atoms with E-state index >= 15 is 0 Å². The van der Waals surface area contributed by atoms with Gasteiger partial charge in [-0.15, -0.1) is 0 Å². The van der Waals surface area contributed by atoms with Crippen molar-refractivity contribution in [3.63, 3.8) is 0 Å². The van der Waals surface area contributed by atoms with E-state index in [1.54, 1.807) is 6.07 Å². The zero-order chi connectivity index (χ0) is 9.26. The average Bonchev–Trinajstić information content (AvgIpc) is 2.49. The van der Waals surface area contributed by atoms with E-state index in [1.807, 2.05) is 0 Å². The third kappa shape index (κ3) is 1.48. The third-order valence-corrected chi connectivity index (χ3v) is 1.55. The van der Waals surface area contributed by atoms with Gasteiger partial charge in [-0.05, 0) is 12.1 Å². The Kier molecular flexibility index (Phi) is 1.70. The molecule has 0 radical (unpaired) electrons. The van der Waals surface area contributed by atoms with Crippen molar-refractivity contribution in [2.75, 3.05) is 6.79 Å². The molecule has 68 valence electrons. The van der Waals surface area contributed by atoms with Crippen molar-refractivity contribution in [1.29, 1.82) is 0 Å². The van der Waals surface area contributed by atoms with Gasteiger partial charge in [0.15, 0.2) is 11.5 Å². The maximum atomic E-state index is 10.2. The molecular weight excluding hydrogens is 176 g/mol. The van der Waals surface area contributed by atoms with E-state index in [0.717, 1.165) is 0 Å². The Balaban J connectivity index is 2.25. The molecule has 0 saturated carbocycles. The summed E-state index contributed by atoms with van der Waals surface area (Å²) in [6, 6.07) is 4.57. The fourth-order valence-corrected chi connectivity index (χ4v) is 1.04. The van der Waals surface area contributed by atoms with Crippen molar-refractivity contribution in [3.8, 4) is 17.2 Å². The largest absolute Gasteiger partial charge is 0.511 e. The number of hydrogen-bond acceptors (Lipinski definition) is 4. The molecular formula is C8H6O5. The number of fused-ring (bicyclic) bond motifs is 1. The van der Waals surface area contributed by atoms with Gasteiger partial charge >= 0.3 is 6.16 Å². The highest BCUT2D eigenvalue weighted by Crippen LogP contribution is 2.34. The van der Waals surface area contributed by atoms with Gasteiger partial charge in [0, 0.05) is 6.07 Å². The number of benzene rings is 1. The maximum absolute atomic E-state index is 10.2. The highest BCUT2D eigenvalue weighted by Gasteiger charge is 2.14. The van der Waals surface area contributed by atoms with Crippen molar-refractivity contribution in [3.05, 3.63) is 18.2 Å². The zero-order valence-corrected chi connectivity index (χ0v) is 6.52. The van der Waals surface area contributed by atoms with E-state index in [4.69, 9.17) is 14.6 Å². The lowest BCUT2D eigenvalue weighted by molar-refractivity contribution is 0.144. The molecule has 1 N–H and O–H groups in total. The van der Waals surface area contributed by atoms with E-state index in [9.17, 15) is 4.79 Å². The minimum Gasteiger partial charge on any atom is -0.454 e. The molecule has 0 saturated heterocycles. The van der Waals surface area contributed by atoms with Gasteiger partial charge in [0.05, 0.1) is 0 Å². The van der Waals surface area contributed by atoms with Crippen molar-refractivity contribution in [2.24, 2.45) is 0 Å². The van der Waals surface area contributed by atoms with Gasteiger partial charge in [0.1, 0.15) is 5.75 Å². The molecule has 0 unspecified atom stereocenters. The maximum Gasteiger partial charge on any atom is 0.511 e. The lowest BCUT2D eigenvalue weighted by Crippen LogP contribution is -2.02. The van der Waals surface area contributed by atoms with Gasteiger partial charge in [0.25, 0.3) is 0 Å². The van der Waals surface area contributed by atoms with Crippen LogP contribution in [0.3, 0.4) is 0 Å². The number of carboxylic acid groups (broad SMARTS) is 1. The summed E-state index contributed by atoms with van der Waals surface area (Å²) < 4.78 is 14.5. The predicted molar refractivity (Wildman–Crippen MR) is 41.2 cm³/mol. The van der Waals surface area contributed by atoms with Crippen LogP contribution in [0.15, 0.2) is 18.2 Å². The van der Waals surface area contributed by atoms with Crippen LogP contribution in [0.5, 0.6) is 17.2 Å². The minimum absolute atomic E-state index is 0.159. The fourth-order valence-electron chi connectivity index (χ4n) is 1.04. The van der Waals surface area contributed by atoms with Gasteiger partial charge in [-0.1, -0.05) is 0 Å². The molecule has 1 aliphatic heterocycles. The highest BCUT2D eigenvalue weighted by atomic mass is 16.7. The molecule has 0 aliphatic carbocycles. The summed E-state index contributed by atoms with van der Waals surface area (Å²) in [7, 11) is 0. The average molecular weight is 182 g/mol. The van der Waals surface area contributed by atoms with Crippen LogP contribution < -0.4 is 14.2 Å². The second kappa shape index (κ2) is 2.85. The Bertz CT molecular complexity index is 346. The summed E-state index contributed by atoms with van der Waals surface area (Å²) in [5.74, 6) is 1.31. The Morgan fingerprint density at radius 2 is 2.15 bits per heavy atom. The molecule has 5 nitrogen and oxygen atoms in total. The number of ether oxygens (including phenoxy) is 3. The molecule has 13 heavy (non-hydrogen) atoms. The molecule has 0 spiro atoms. The Labute approximate surface area is 73.5 Å². The molecule has 1 aliphatic rings.